The minimum absolute atomic E-state index is 0.106. The second-order valence-electron chi connectivity index (χ2n) is 11.3. The van der Waals surface area contributed by atoms with Crippen molar-refractivity contribution in [1.82, 2.24) is 4.57 Å². The fourth-order valence-corrected chi connectivity index (χ4v) is 7.72. The summed E-state index contributed by atoms with van der Waals surface area (Å²) in [4.78, 5) is 2.55. The molecule has 2 nitrogen and oxygen atoms in total. The van der Waals surface area contributed by atoms with Gasteiger partial charge in [-0.2, -0.15) is 0 Å². The maximum Gasteiger partial charge on any atom is 0.248 e. The van der Waals surface area contributed by atoms with Crippen LogP contribution in [0.1, 0.15) is 25.0 Å². The molecule has 3 heteroatoms. The Labute approximate surface area is 222 Å². The molecule has 1 aliphatic carbocycles. The average Bonchev–Trinajstić information content (AvgIpc) is 3.42. The van der Waals surface area contributed by atoms with Gasteiger partial charge in [-0.1, -0.05) is 104 Å². The third-order valence-corrected chi connectivity index (χ3v) is 9.18. The van der Waals surface area contributed by atoms with Crippen molar-refractivity contribution in [1.29, 1.82) is 0 Å². The van der Waals surface area contributed by atoms with Gasteiger partial charge in [-0.3, -0.25) is 0 Å². The third-order valence-electron chi connectivity index (χ3n) is 9.18. The number of hydrogen-bond donors (Lipinski definition) is 0. The van der Waals surface area contributed by atoms with Crippen LogP contribution in [0.5, 0.6) is 0 Å². The Hall–Kier alpha value is -4.50. The van der Waals surface area contributed by atoms with E-state index in [9.17, 15) is 0 Å². The Balaban J connectivity index is 1.52. The standard InChI is InChI=1S/C35H25BN2/c1-35(2)26-16-8-6-15-25(26)33-34(35)36-27-17-9-11-19-29(27)38-28-18-10-7-14-23(28)24-20-21-30(31(36)32(24)38)37(33)22-12-4-3-5-13-22/h3-21H,1-2H3. The Bertz CT molecular complexity index is 2010. The molecule has 5 aromatic carbocycles. The number of nitrogens with zero attached hydrogens (tertiary/aromatic N) is 2. The second-order valence-corrected chi connectivity index (χ2v) is 11.3. The predicted molar refractivity (Wildman–Crippen MR) is 161 cm³/mol. The monoisotopic (exact) mass is 484 g/mol. The summed E-state index contributed by atoms with van der Waals surface area (Å²) in [7, 11) is 0. The van der Waals surface area contributed by atoms with Crippen LogP contribution in [0.15, 0.2) is 121 Å². The Morgan fingerprint density at radius 1 is 0.632 bits per heavy atom. The molecule has 0 bridgehead atoms. The van der Waals surface area contributed by atoms with Gasteiger partial charge in [-0.15, -0.1) is 0 Å². The maximum atomic E-state index is 2.55. The van der Waals surface area contributed by atoms with Crippen LogP contribution in [0.4, 0.5) is 11.4 Å². The molecule has 0 spiro atoms. The quantitative estimate of drug-likeness (QED) is 0.226. The van der Waals surface area contributed by atoms with Gasteiger partial charge in [-0.25, -0.2) is 0 Å². The van der Waals surface area contributed by atoms with Crippen molar-refractivity contribution in [3.05, 3.63) is 132 Å². The smallest absolute Gasteiger partial charge is 0.248 e. The average molecular weight is 484 g/mol. The van der Waals surface area contributed by atoms with E-state index in [0.29, 0.717) is 0 Å². The first-order chi connectivity index (χ1) is 18.7. The van der Waals surface area contributed by atoms with Crippen LogP contribution < -0.4 is 15.8 Å². The van der Waals surface area contributed by atoms with Crippen molar-refractivity contribution in [2.24, 2.45) is 0 Å². The number of allylic oxidation sites excluding steroid dienone is 1. The van der Waals surface area contributed by atoms with Gasteiger partial charge in [-0.05, 0) is 46.8 Å². The minimum Gasteiger partial charge on any atom is -0.311 e. The van der Waals surface area contributed by atoms with Crippen LogP contribution in [0.3, 0.4) is 0 Å². The van der Waals surface area contributed by atoms with Crippen LogP contribution in [0.25, 0.3) is 33.2 Å². The molecule has 0 fully saturated rings. The molecular formula is C35H25BN2. The Morgan fingerprint density at radius 3 is 2.26 bits per heavy atom. The van der Waals surface area contributed by atoms with Crippen molar-refractivity contribution < 1.29 is 0 Å². The highest BCUT2D eigenvalue weighted by atomic mass is 15.2. The molecule has 178 valence electrons. The highest BCUT2D eigenvalue weighted by Gasteiger charge is 2.52. The van der Waals surface area contributed by atoms with Gasteiger partial charge in [0, 0.05) is 44.5 Å². The summed E-state index contributed by atoms with van der Waals surface area (Å²) in [5.41, 5.74) is 14.8. The lowest BCUT2D eigenvalue weighted by molar-refractivity contribution is 0.666. The van der Waals surface area contributed by atoms with E-state index < -0.39 is 0 Å². The molecule has 3 heterocycles. The van der Waals surface area contributed by atoms with Gasteiger partial charge in [0.15, 0.2) is 0 Å². The molecule has 9 rings (SSSR count). The highest BCUT2D eigenvalue weighted by molar-refractivity contribution is 6.96. The van der Waals surface area contributed by atoms with Crippen molar-refractivity contribution in [3.63, 3.8) is 0 Å². The number of hydrogen-bond acceptors (Lipinski definition) is 1. The van der Waals surface area contributed by atoms with Crippen molar-refractivity contribution in [2.75, 3.05) is 4.90 Å². The summed E-state index contributed by atoms with van der Waals surface area (Å²) in [6.07, 6.45) is 0. The van der Waals surface area contributed by atoms with E-state index in [4.69, 9.17) is 0 Å². The van der Waals surface area contributed by atoms with Gasteiger partial charge in [0.1, 0.15) is 0 Å². The van der Waals surface area contributed by atoms with Gasteiger partial charge in [0.25, 0.3) is 0 Å². The summed E-state index contributed by atoms with van der Waals surface area (Å²) in [6.45, 7) is 5.05. The van der Waals surface area contributed by atoms with E-state index in [-0.39, 0.29) is 12.1 Å². The lowest BCUT2D eigenvalue weighted by Crippen LogP contribution is -2.56. The van der Waals surface area contributed by atoms with E-state index in [1.807, 2.05) is 0 Å². The molecule has 3 aliphatic rings. The van der Waals surface area contributed by atoms with Crippen LogP contribution in [0, 0.1) is 0 Å². The molecular weight excluding hydrogens is 459 g/mol. The van der Waals surface area contributed by atoms with Crippen molar-refractivity contribution in [3.8, 4) is 5.69 Å². The zero-order valence-electron chi connectivity index (χ0n) is 21.4. The molecule has 0 atom stereocenters. The van der Waals surface area contributed by atoms with E-state index in [1.165, 1.54) is 72.1 Å². The van der Waals surface area contributed by atoms with E-state index >= 15 is 0 Å². The van der Waals surface area contributed by atoms with E-state index in [2.05, 4.69) is 139 Å². The maximum absolute atomic E-state index is 2.55. The Morgan fingerprint density at radius 2 is 1.37 bits per heavy atom. The number of fused-ring (bicyclic) bond motifs is 9. The van der Waals surface area contributed by atoms with Gasteiger partial charge < -0.3 is 9.47 Å². The van der Waals surface area contributed by atoms with Gasteiger partial charge in [0.05, 0.1) is 11.0 Å². The first kappa shape index (κ1) is 20.5. The molecule has 0 saturated heterocycles. The van der Waals surface area contributed by atoms with Crippen LogP contribution in [0.2, 0.25) is 0 Å². The largest absolute Gasteiger partial charge is 0.311 e. The summed E-state index contributed by atoms with van der Waals surface area (Å²) in [5.74, 6) is 0. The number of aromatic nitrogens is 1. The number of benzene rings is 5. The molecule has 0 saturated carbocycles. The van der Waals surface area contributed by atoms with E-state index in [1.54, 1.807) is 0 Å². The SMILES string of the molecule is CC1(C)C2=C(c3ccccc31)N(c1ccccc1)c1ccc3c4ccccc4n4c3c1B2c1ccccc1-4. The van der Waals surface area contributed by atoms with Crippen LogP contribution >= 0.6 is 0 Å². The zero-order valence-corrected chi connectivity index (χ0v) is 21.4. The lowest BCUT2D eigenvalue weighted by atomic mass is 9.30. The number of para-hydroxylation sites is 3. The molecule has 0 unspecified atom stereocenters. The topological polar surface area (TPSA) is 8.17 Å². The first-order valence-electron chi connectivity index (χ1n) is 13.5. The van der Waals surface area contributed by atoms with E-state index in [0.717, 1.165) is 0 Å². The van der Waals surface area contributed by atoms with Gasteiger partial charge >= 0.3 is 0 Å². The van der Waals surface area contributed by atoms with Crippen LogP contribution in [-0.2, 0) is 5.41 Å². The summed E-state index contributed by atoms with van der Waals surface area (Å²) < 4.78 is 2.53. The minimum atomic E-state index is -0.106. The second kappa shape index (κ2) is 6.87. The summed E-state index contributed by atoms with van der Waals surface area (Å²) in [6, 6.07) is 42.7. The molecule has 6 aromatic rings. The fourth-order valence-electron chi connectivity index (χ4n) is 7.72. The molecule has 38 heavy (non-hydrogen) atoms. The molecule has 0 N–H and O–H groups in total. The van der Waals surface area contributed by atoms with Crippen molar-refractivity contribution in [2.45, 2.75) is 19.3 Å². The summed E-state index contributed by atoms with van der Waals surface area (Å²) >= 11 is 0. The number of rotatable bonds is 1. The molecule has 0 amide bonds. The van der Waals surface area contributed by atoms with Crippen LogP contribution in [-0.4, -0.2) is 11.3 Å². The Kier molecular flexibility index (Phi) is 3.72. The zero-order chi connectivity index (χ0) is 25.2. The normalized spacial score (nSPS) is 16.2. The van der Waals surface area contributed by atoms with Gasteiger partial charge in [0.2, 0.25) is 6.71 Å². The molecule has 0 radical (unpaired) electrons. The summed E-state index contributed by atoms with van der Waals surface area (Å²) in [5, 5.41) is 2.66. The highest BCUT2D eigenvalue weighted by Crippen LogP contribution is 2.54. The molecule has 1 aromatic heterocycles. The van der Waals surface area contributed by atoms with Crippen molar-refractivity contribution >= 4 is 56.5 Å². The first-order valence-corrected chi connectivity index (χ1v) is 13.5. The predicted octanol–water partition coefficient (Wildman–Crippen LogP) is 7.10. The fraction of sp³-hybridized carbons (Fsp3) is 0.0857. The lowest BCUT2D eigenvalue weighted by Gasteiger charge is -2.42. The molecule has 2 aliphatic heterocycles. The number of anilines is 2. The third kappa shape index (κ3) is 2.28.